The molecule has 0 amide bonds. The molecule has 5 aliphatic rings. The number of hydrogen-bond donors (Lipinski definition) is 0. The molecule has 0 saturated heterocycles. The van der Waals surface area contributed by atoms with Gasteiger partial charge in [-0.2, -0.15) is 0 Å². The molecule has 0 atom stereocenters. The molecule has 7 aromatic rings. The summed E-state index contributed by atoms with van der Waals surface area (Å²) < 4.78 is 2.66. The van der Waals surface area contributed by atoms with Crippen LogP contribution in [0.4, 0.5) is 17.1 Å². The minimum Gasteiger partial charge on any atom is -0.310 e. The van der Waals surface area contributed by atoms with Crippen LogP contribution in [-0.2, 0) is 5.41 Å². The lowest BCUT2D eigenvalue weighted by Gasteiger charge is -2.61. The Balaban J connectivity index is 1.00. The molecule has 2 heteroatoms. The van der Waals surface area contributed by atoms with Gasteiger partial charge in [0, 0.05) is 42.6 Å². The van der Waals surface area contributed by atoms with Crippen LogP contribution in [0.3, 0.4) is 0 Å². The van der Waals surface area contributed by atoms with E-state index in [0.29, 0.717) is 0 Å². The highest BCUT2D eigenvalue weighted by Gasteiger charge is 2.61. The standard InChI is InChI=1S/C46H37NS/c1-2-8-35(9-3-1)47(37-19-21-41-40-11-5-7-13-44(40)48-45(41)28-37)36-17-14-31(15-18-36)32-16-20-39-38-10-4-6-12-42(38)46(43(39)27-32)33-23-29-22-30(25-33)26-34(46)24-29/h1-21,27-30,33-34H,22-26H2. The molecule has 1 nitrogen and oxygen atoms in total. The van der Waals surface area contributed by atoms with Gasteiger partial charge in [-0.1, -0.05) is 91.0 Å². The molecule has 1 heterocycles. The second-order valence-electron chi connectivity index (χ2n) is 15.0. The topological polar surface area (TPSA) is 3.24 Å². The fraction of sp³-hybridized carbons (Fsp3) is 0.217. The first-order chi connectivity index (χ1) is 23.7. The number of thiophene rings is 1. The van der Waals surface area contributed by atoms with Crippen LogP contribution in [0.2, 0.25) is 0 Å². The Morgan fingerprint density at radius 2 is 1.08 bits per heavy atom. The third-order valence-corrected chi connectivity index (χ3v) is 13.8. The molecule has 1 spiro atoms. The lowest BCUT2D eigenvalue weighted by Crippen LogP contribution is -2.55. The van der Waals surface area contributed by atoms with Crippen molar-refractivity contribution in [3.63, 3.8) is 0 Å². The molecule has 4 bridgehead atoms. The zero-order chi connectivity index (χ0) is 31.4. The summed E-state index contributed by atoms with van der Waals surface area (Å²) in [4.78, 5) is 2.40. The largest absolute Gasteiger partial charge is 0.310 e. The summed E-state index contributed by atoms with van der Waals surface area (Å²) in [6, 6.07) is 52.7. The van der Waals surface area contributed by atoms with Crippen LogP contribution in [0.5, 0.6) is 0 Å². The van der Waals surface area contributed by atoms with E-state index in [-0.39, 0.29) is 5.41 Å². The minimum absolute atomic E-state index is 0.199. The summed E-state index contributed by atoms with van der Waals surface area (Å²) >= 11 is 1.88. The zero-order valence-corrected chi connectivity index (χ0v) is 27.8. The monoisotopic (exact) mass is 635 g/mol. The zero-order valence-electron chi connectivity index (χ0n) is 27.0. The summed E-state index contributed by atoms with van der Waals surface area (Å²) in [5, 5.41) is 2.67. The summed E-state index contributed by atoms with van der Waals surface area (Å²) in [5.74, 6) is 3.48. The molecular formula is C46H37NS. The highest BCUT2D eigenvalue weighted by Crippen LogP contribution is 2.69. The summed E-state index contributed by atoms with van der Waals surface area (Å²) in [5.41, 5.74) is 12.6. The van der Waals surface area contributed by atoms with Crippen LogP contribution < -0.4 is 4.90 Å². The smallest absolute Gasteiger partial charge is 0.0476 e. The predicted molar refractivity (Wildman–Crippen MR) is 203 cm³/mol. The van der Waals surface area contributed by atoms with Crippen molar-refractivity contribution in [1.82, 2.24) is 0 Å². The first kappa shape index (κ1) is 27.3. The van der Waals surface area contributed by atoms with Crippen LogP contribution in [-0.4, -0.2) is 0 Å². The molecule has 0 radical (unpaired) electrons. The SMILES string of the molecule is c1ccc(N(c2ccc(-c3ccc4c(c3)C3(c5ccccc5-4)C4CC5CC(C4)CC3C5)cc2)c2ccc3c(c2)sc2ccccc23)cc1. The Labute approximate surface area is 286 Å². The van der Waals surface area contributed by atoms with Crippen LogP contribution >= 0.6 is 11.3 Å². The summed E-state index contributed by atoms with van der Waals surface area (Å²) in [7, 11) is 0. The fourth-order valence-electron chi connectivity index (χ4n) is 11.0. The van der Waals surface area contributed by atoms with Crippen LogP contribution in [0, 0.1) is 23.7 Å². The van der Waals surface area contributed by atoms with Gasteiger partial charge in [-0.3, -0.25) is 0 Å². The van der Waals surface area contributed by atoms with E-state index >= 15 is 0 Å². The van der Waals surface area contributed by atoms with Crippen molar-refractivity contribution in [3.8, 4) is 22.3 Å². The quantitative estimate of drug-likeness (QED) is 0.186. The lowest BCUT2D eigenvalue weighted by atomic mass is 9.43. The van der Waals surface area contributed by atoms with E-state index in [1.54, 1.807) is 11.1 Å². The van der Waals surface area contributed by atoms with Gasteiger partial charge in [-0.05, 0) is 138 Å². The molecule has 232 valence electrons. The van der Waals surface area contributed by atoms with Gasteiger partial charge in [0.05, 0.1) is 0 Å². The summed E-state index contributed by atoms with van der Waals surface area (Å²) in [6.45, 7) is 0. The van der Waals surface area contributed by atoms with E-state index in [0.717, 1.165) is 23.7 Å². The van der Waals surface area contributed by atoms with Crippen molar-refractivity contribution in [2.75, 3.05) is 4.90 Å². The number of nitrogens with zero attached hydrogens (tertiary/aromatic N) is 1. The fourth-order valence-corrected chi connectivity index (χ4v) is 12.2. The number of fused-ring (bicyclic) bond motifs is 6. The van der Waals surface area contributed by atoms with Crippen molar-refractivity contribution in [2.24, 2.45) is 23.7 Å². The molecule has 6 aromatic carbocycles. The van der Waals surface area contributed by atoms with Crippen LogP contribution in [0.1, 0.15) is 43.2 Å². The Morgan fingerprint density at radius 3 is 1.90 bits per heavy atom. The molecule has 0 aliphatic heterocycles. The van der Waals surface area contributed by atoms with E-state index < -0.39 is 0 Å². The molecule has 0 N–H and O–H groups in total. The third-order valence-electron chi connectivity index (χ3n) is 12.6. The van der Waals surface area contributed by atoms with Crippen LogP contribution in [0.25, 0.3) is 42.4 Å². The lowest BCUT2D eigenvalue weighted by molar-refractivity contribution is -0.0399. The van der Waals surface area contributed by atoms with Crippen molar-refractivity contribution in [3.05, 3.63) is 151 Å². The molecule has 1 aromatic heterocycles. The third kappa shape index (κ3) is 3.78. The van der Waals surface area contributed by atoms with E-state index in [1.165, 1.54) is 91.6 Å². The Kier molecular flexibility index (Phi) is 5.79. The molecule has 48 heavy (non-hydrogen) atoms. The average molecular weight is 636 g/mol. The number of anilines is 3. The van der Waals surface area contributed by atoms with Crippen molar-refractivity contribution >= 4 is 48.6 Å². The van der Waals surface area contributed by atoms with Gasteiger partial charge in [0.2, 0.25) is 0 Å². The summed E-state index contributed by atoms with van der Waals surface area (Å²) in [6.07, 6.45) is 7.16. The highest BCUT2D eigenvalue weighted by molar-refractivity contribution is 7.25. The number of rotatable bonds is 4. The number of benzene rings is 6. The van der Waals surface area contributed by atoms with Gasteiger partial charge in [0.1, 0.15) is 0 Å². The second-order valence-corrected chi connectivity index (χ2v) is 16.1. The second kappa shape index (κ2) is 10.2. The van der Waals surface area contributed by atoms with E-state index in [9.17, 15) is 0 Å². The van der Waals surface area contributed by atoms with Gasteiger partial charge < -0.3 is 4.90 Å². The van der Waals surface area contributed by atoms with Gasteiger partial charge >= 0.3 is 0 Å². The highest BCUT2D eigenvalue weighted by atomic mass is 32.1. The van der Waals surface area contributed by atoms with E-state index in [2.05, 4.69) is 144 Å². The van der Waals surface area contributed by atoms with E-state index in [4.69, 9.17) is 0 Å². The maximum Gasteiger partial charge on any atom is 0.0476 e. The number of hydrogen-bond acceptors (Lipinski definition) is 2. The van der Waals surface area contributed by atoms with Gasteiger partial charge in [0.25, 0.3) is 0 Å². The van der Waals surface area contributed by atoms with Crippen molar-refractivity contribution in [1.29, 1.82) is 0 Å². The maximum atomic E-state index is 2.61. The number of para-hydroxylation sites is 1. The Bertz CT molecular complexity index is 2340. The van der Waals surface area contributed by atoms with Crippen molar-refractivity contribution in [2.45, 2.75) is 37.5 Å². The first-order valence-corrected chi connectivity index (χ1v) is 18.7. The Hall–Kier alpha value is -4.66. The predicted octanol–water partition coefficient (Wildman–Crippen LogP) is 12.9. The van der Waals surface area contributed by atoms with Crippen molar-refractivity contribution < 1.29 is 0 Å². The Morgan fingerprint density at radius 1 is 0.458 bits per heavy atom. The molecule has 12 rings (SSSR count). The van der Waals surface area contributed by atoms with E-state index in [1.807, 2.05) is 11.3 Å². The minimum atomic E-state index is 0.199. The van der Waals surface area contributed by atoms with Gasteiger partial charge in [-0.25, -0.2) is 0 Å². The molecule has 4 saturated carbocycles. The van der Waals surface area contributed by atoms with Crippen LogP contribution in [0.15, 0.2) is 140 Å². The van der Waals surface area contributed by atoms with Gasteiger partial charge in [-0.15, -0.1) is 11.3 Å². The molecular weight excluding hydrogens is 599 g/mol. The normalized spacial score (nSPS) is 24.8. The molecule has 5 aliphatic carbocycles. The molecule has 0 unspecified atom stereocenters. The average Bonchev–Trinajstić information content (AvgIpc) is 3.64. The maximum absolute atomic E-state index is 2.61. The van der Waals surface area contributed by atoms with Gasteiger partial charge in [0.15, 0.2) is 0 Å². The molecule has 4 fully saturated rings. The first-order valence-electron chi connectivity index (χ1n) is 17.9.